The number of amides is 1. The lowest BCUT2D eigenvalue weighted by Gasteiger charge is -2.34. The molecule has 1 aromatic carbocycles. The van der Waals surface area contributed by atoms with Crippen molar-refractivity contribution in [3.8, 4) is 0 Å². The number of morpholine rings is 1. The van der Waals surface area contributed by atoms with Crippen molar-refractivity contribution in [3.05, 3.63) is 35.4 Å². The largest absolute Gasteiger partial charge is 0.377 e. The van der Waals surface area contributed by atoms with Gasteiger partial charge in [-0.25, -0.2) is 0 Å². The van der Waals surface area contributed by atoms with Gasteiger partial charge >= 0.3 is 0 Å². The minimum atomic E-state index is -0.0150. The van der Waals surface area contributed by atoms with E-state index in [9.17, 15) is 4.79 Å². The number of hydrogen-bond acceptors (Lipinski definition) is 2. The average Bonchev–Trinajstić information content (AvgIpc) is 2.46. The molecule has 4 heteroatoms. The Labute approximate surface area is 113 Å². The molecule has 18 heavy (non-hydrogen) atoms. The molecule has 0 radical (unpaired) electrons. The second-order valence-electron chi connectivity index (χ2n) is 4.43. The summed E-state index contributed by atoms with van der Waals surface area (Å²) in [6.45, 7) is 3.84. The predicted molar refractivity (Wildman–Crippen MR) is 72.2 cm³/mol. The summed E-state index contributed by atoms with van der Waals surface area (Å²) in [5.41, 5.74) is 1.96. The first kappa shape index (κ1) is 13.4. The molecule has 0 aromatic heterocycles. The molecule has 0 saturated carbocycles. The number of nitrogens with zero attached hydrogens (tertiary/aromatic N) is 1. The summed E-state index contributed by atoms with van der Waals surface area (Å²) in [6, 6.07) is 7.77. The van der Waals surface area contributed by atoms with Crippen molar-refractivity contribution in [2.45, 2.75) is 19.4 Å². The van der Waals surface area contributed by atoms with Gasteiger partial charge in [-0.05, 0) is 24.1 Å². The van der Waals surface area contributed by atoms with Gasteiger partial charge in [0.25, 0.3) is 5.91 Å². The number of carbonyl (C=O) groups is 1. The zero-order chi connectivity index (χ0) is 13.0. The van der Waals surface area contributed by atoms with E-state index < -0.39 is 0 Å². The summed E-state index contributed by atoms with van der Waals surface area (Å²) in [5, 5.41) is 0. The van der Waals surface area contributed by atoms with Gasteiger partial charge in [-0.15, -0.1) is 11.6 Å². The highest BCUT2D eigenvalue weighted by Crippen LogP contribution is 2.14. The van der Waals surface area contributed by atoms with E-state index in [0.717, 1.165) is 12.0 Å². The lowest BCUT2D eigenvalue weighted by Crippen LogP contribution is -2.49. The third kappa shape index (κ3) is 2.85. The van der Waals surface area contributed by atoms with Crippen LogP contribution in [0.1, 0.15) is 22.8 Å². The second kappa shape index (κ2) is 6.21. The monoisotopic (exact) mass is 267 g/mol. The van der Waals surface area contributed by atoms with Crippen molar-refractivity contribution in [2.75, 3.05) is 25.6 Å². The van der Waals surface area contributed by atoms with Gasteiger partial charge < -0.3 is 9.64 Å². The Morgan fingerprint density at radius 1 is 1.44 bits per heavy atom. The molecule has 0 N–H and O–H groups in total. The molecule has 1 amide bonds. The molecule has 1 aliphatic rings. The van der Waals surface area contributed by atoms with Crippen LogP contribution in [-0.4, -0.2) is 42.5 Å². The van der Waals surface area contributed by atoms with Crippen LogP contribution in [0.3, 0.4) is 0 Å². The van der Waals surface area contributed by atoms with Gasteiger partial charge in [0.1, 0.15) is 0 Å². The zero-order valence-electron chi connectivity index (χ0n) is 10.6. The SMILES string of the molecule is CCc1ccc(C(=O)N2CCOCC2CCl)cc1. The highest BCUT2D eigenvalue weighted by atomic mass is 35.5. The van der Waals surface area contributed by atoms with Crippen LogP contribution in [0.5, 0.6) is 0 Å². The molecule has 0 bridgehead atoms. The second-order valence-corrected chi connectivity index (χ2v) is 4.74. The molecule has 1 heterocycles. The Hall–Kier alpha value is -1.06. The molecule has 1 atom stereocenters. The standard InChI is InChI=1S/C14H18ClNO2/c1-2-11-3-5-12(6-4-11)14(17)16-7-8-18-10-13(16)9-15/h3-6,13H,2,7-10H2,1H3. The molecule has 1 aromatic rings. The van der Waals surface area contributed by atoms with Crippen LogP contribution < -0.4 is 0 Å². The van der Waals surface area contributed by atoms with E-state index in [0.29, 0.717) is 25.6 Å². The first-order chi connectivity index (χ1) is 8.76. The molecule has 98 valence electrons. The van der Waals surface area contributed by atoms with Crippen LogP contribution in [0.15, 0.2) is 24.3 Å². The lowest BCUT2D eigenvalue weighted by atomic mass is 10.1. The van der Waals surface area contributed by atoms with Crippen molar-refractivity contribution >= 4 is 17.5 Å². The first-order valence-corrected chi connectivity index (χ1v) is 6.83. The first-order valence-electron chi connectivity index (χ1n) is 6.30. The van der Waals surface area contributed by atoms with Gasteiger partial charge in [0.2, 0.25) is 0 Å². The number of rotatable bonds is 3. The summed E-state index contributed by atoms with van der Waals surface area (Å²) in [6.07, 6.45) is 0.982. The summed E-state index contributed by atoms with van der Waals surface area (Å²) in [4.78, 5) is 14.2. The maximum atomic E-state index is 12.4. The Morgan fingerprint density at radius 2 is 2.17 bits per heavy atom. The number of benzene rings is 1. The predicted octanol–water partition coefficient (Wildman–Crippen LogP) is 2.33. The molecular formula is C14H18ClNO2. The summed E-state index contributed by atoms with van der Waals surface area (Å²) >= 11 is 5.88. The molecule has 1 aliphatic heterocycles. The highest BCUT2D eigenvalue weighted by molar-refractivity contribution is 6.18. The van der Waals surface area contributed by atoms with Crippen LogP contribution >= 0.6 is 11.6 Å². The van der Waals surface area contributed by atoms with Crippen molar-refractivity contribution in [1.29, 1.82) is 0 Å². The van der Waals surface area contributed by atoms with E-state index in [-0.39, 0.29) is 11.9 Å². The maximum Gasteiger partial charge on any atom is 0.254 e. The van der Waals surface area contributed by atoms with Gasteiger partial charge in [-0.2, -0.15) is 0 Å². The third-order valence-corrected chi connectivity index (χ3v) is 3.63. The molecular weight excluding hydrogens is 250 g/mol. The van der Waals surface area contributed by atoms with E-state index >= 15 is 0 Å². The number of hydrogen-bond donors (Lipinski definition) is 0. The average molecular weight is 268 g/mol. The minimum absolute atomic E-state index is 0.0150. The molecule has 0 spiro atoms. The quantitative estimate of drug-likeness (QED) is 0.787. The number of halogens is 1. The van der Waals surface area contributed by atoms with Crippen LogP contribution in [0, 0.1) is 0 Å². The number of ether oxygens (including phenoxy) is 1. The van der Waals surface area contributed by atoms with Gasteiger partial charge in [-0.3, -0.25) is 4.79 Å². The number of alkyl halides is 1. The summed E-state index contributed by atoms with van der Waals surface area (Å²) in [5.74, 6) is 0.463. The molecule has 3 nitrogen and oxygen atoms in total. The Morgan fingerprint density at radius 3 is 2.78 bits per heavy atom. The van der Waals surface area contributed by atoms with E-state index in [2.05, 4.69) is 6.92 Å². The normalized spacial score (nSPS) is 19.9. The van der Waals surface area contributed by atoms with Crippen molar-refractivity contribution in [3.63, 3.8) is 0 Å². The van der Waals surface area contributed by atoms with Gasteiger partial charge in [0.15, 0.2) is 0 Å². The fourth-order valence-electron chi connectivity index (χ4n) is 2.10. The third-order valence-electron chi connectivity index (χ3n) is 3.28. The van der Waals surface area contributed by atoms with Gasteiger partial charge in [0.05, 0.1) is 19.3 Å². The van der Waals surface area contributed by atoms with Crippen LogP contribution in [-0.2, 0) is 11.2 Å². The molecule has 1 unspecified atom stereocenters. The maximum absolute atomic E-state index is 12.4. The molecule has 2 rings (SSSR count). The Balaban J connectivity index is 2.13. The molecule has 1 saturated heterocycles. The lowest BCUT2D eigenvalue weighted by molar-refractivity contribution is 0.00456. The fraction of sp³-hybridized carbons (Fsp3) is 0.500. The topological polar surface area (TPSA) is 29.5 Å². The minimum Gasteiger partial charge on any atom is -0.377 e. The highest BCUT2D eigenvalue weighted by Gasteiger charge is 2.27. The Kier molecular flexibility index (Phi) is 4.61. The Bertz CT molecular complexity index is 405. The number of carbonyl (C=O) groups excluding carboxylic acids is 1. The molecule has 0 aliphatic carbocycles. The summed E-state index contributed by atoms with van der Waals surface area (Å²) in [7, 11) is 0. The number of aryl methyl sites for hydroxylation is 1. The van der Waals surface area contributed by atoms with Crippen LogP contribution in [0.4, 0.5) is 0 Å². The van der Waals surface area contributed by atoms with Crippen molar-refractivity contribution in [2.24, 2.45) is 0 Å². The summed E-state index contributed by atoms with van der Waals surface area (Å²) < 4.78 is 5.35. The van der Waals surface area contributed by atoms with E-state index in [1.165, 1.54) is 5.56 Å². The van der Waals surface area contributed by atoms with E-state index in [1.54, 1.807) is 0 Å². The smallest absolute Gasteiger partial charge is 0.254 e. The van der Waals surface area contributed by atoms with Gasteiger partial charge in [0, 0.05) is 18.0 Å². The van der Waals surface area contributed by atoms with Crippen molar-refractivity contribution in [1.82, 2.24) is 4.90 Å². The van der Waals surface area contributed by atoms with E-state index in [1.807, 2.05) is 29.2 Å². The van der Waals surface area contributed by atoms with Crippen LogP contribution in [0.25, 0.3) is 0 Å². The zero-order valence-corrected chi connectivity index (χ0v) is 11.3. The van der Waals surface area contributed by atoms with E-state index in [4.69, 9.17) is 16.3 Å². The molecule has 1 fully saturated rings. The van der Waals surface area contributed by atoms with Gasteiger partial charge in [-0.1, -0.05) is 19.1 Å². The van der Waals surface area contributed by atoms with Crippen LogP contribution in [0.2, 0.25) is 0 Å². The fourth-order valence-corrected chi connectivity index (χ4v) is 2.35. The van der Waals surface area contributed by atoms with Crippen molar-refractivity contribution < 1.29 is 9.53 Å².